The standard InChI is InChI=1S/C25H27N5O3/c1-18-22(17-26-30(18)21-8-3-2-4-9-21)25(32)27-20-13-15-29(16-14-20)23-10-6-5-7-19(23)11-12-24(31)28-33/h2-12,17,20,33H,13-16H2,1H3,(H,27,32)(H,28,31). The van der Waals surface area contributed by atoms with Crippen LogP contribution in [0.5, 0.6) is 0 Å². The maximum atomic E-state index is 12.9. The van der Waals surface area contributed by atoms with Crippen LogP contribution in [0.25, 0.3) is 11.8 Å². The van der Waals surface area contributed by atoms with Gasteiger partial charge >= 0.3 is 0 Å². The van der Waals surface area contributed by atoms with Gasteiger partial charge in [-0.05, 0) is 49.6 Å². The van der Waals surface area contributed by atoms with E-state index in [2.05, 4.69) is 15.3 Å². The van der Waals surface area contributed by atoms with E-state index in [-0.39, 0.29) is 11.9 Å². The first-order valence-corrected chi connectivity index (χ1v) is 10.9. The van der Waals surface area contributed by atoms with Gasteiger partial charge in [-0.3, -0.25) is 14.8 Å². The third-order valence-corrected chi connectivity index (χ3v) is 5.89. The molecule has 0 unspecified atom stereocenters. The van der Waals surface area contributed by atoms with E-state index in [4.69, 9.17) is 5.21 Å². The SMILES string of the molecule is Cc1c(C(=O)NC2CCN(c3ccccc3C=CC(=O)NO)CC2)cnn1-c1ccccc1. The number of aromatic nitrogens is 2. The fourth-order valence-electron chi connectivity index (χ4n) is 4.11. The molecule has 1 aromatic heterocycles. The Kier molecular flexibility index (Phi) is 6.85. The van der Waals surface area contributed by atoms with Crippen LogP contribution in [0.2, 0.25) is 0 Å². The van der Waals surface area contributed by atoms with E-state index >= 15 is 0 Å². The maximum Gasteiger partial charge on any atom is 0.267 e. The molecule has 2 heterocycles. The van der Waals surface area contributed by atoms with Crippen molar-refractivity contribution in [2.45, 2.75) is 25.8 Å². The van der Waals surface area contributed by atoms with E-state index in [1.807, 2.05) is 61.5 Å². The van der Waals surface area contributed by atoms with E-state index < -0.39 is 5.91 Å². The molecule has 3 aromatic rings. The Bertz CT molecular complexity index is 1150. The summed E-state index contributed by atoms with van der Waals surface area (Å²) in [7, 11) is 0. The zero-order valence-electron chi connectivity index (χ0n) is 18.4. The van der Waals surface area contributed by atoms with Crippen molar-refractivity contribution in [1.82, 2.24) is 20.6 Å². The number of nitrogens with zero attached hydrogens (tertiary/aromatic N) is 3. The number of amides is 2. The molecule has 0 saturated carbocycles. The number of hydroxylamine groups is 1. The monoisotopic (exact) mass is 445 g/mol. The van der Waals surface area contributed by atoms with Crippen LogP contribution in [-0.4, -0.2) is 45.9 Å². The zero-order valence-corrected chi connectivity index (χ0v) is 18.4. The molecule has 170 valence electrons. The zero-order chi connectivity index (χ0) is 23.2. The van der Waals surface area contributed by atoms with Crippen molar-refractivity contribution in [3.63, 3.8) is 0 Å². The van der Waals surface area contributed by atoms with Crippen molar-refractivity contribution >= 4 is 23.6 Å². The van der Waals surface area contributed by atoms with Crippen LogP contribution in [0, 0.1) is 6.92 Å². The van der Waals surface area contributed by atoms with Crippen molar-refractivity contribution in [3.05, 3.63) is 83.7 Å². The van der Waals surface area contributed by atoms with Crippen LogP contribution in [0.15, 0.2) is 66.9 Å². The molecule has 0 bridgehead atoms. The third-order valence-electron chi connectivity index (χ3n) is 5.89. The molecule has 1 saturated heterocycles. The van der Waals surface area contributed by atoms with Gasteiger partial charge in [0.15, 0.2) is 0 Å². The van der Waals surface area contributed by atoms with Crippen molar-refractivity contribution in [3.8, 4) is 5.69 Å². The van der Waals surface area contributed by atoms with E-state index in [0.29, 0.717) is 5.56 Å². The highest BCUT2D eigenvalue weighted by molar-refractivity contribution is 5.95. The van der Waals surface area contributed by atoms with Crippen molar-refractivity contribution < 1.29 is 14.8 Å². The highest BCUT2D eigenvalue weighted by atomic mass is 16.5. The molecule has 0 radical (unpaired) electrons. The highest BCUT2D eigenvalue weighted by Crippen LogP contribution is 2.25. The topological polar surface area (TPSA) is 99.5 Å². The summed E-state index contributed by atoms with van der Waals surface area (Å²) in [5.41, 5.74) is 5.83. The van der Waals surface area contributed by atoms with Gasteiger partial charge in [-0.25, -0.2) is 10.2 Å². The normalized spacial score (nSPS) is 14.4. The smallest absolute Gasteiger partial charge is 0.267 e. The minimum atomic E-state index is -0.572. The Balaban J connectivity index is 1.38. The molecule has 4 rings (SSSR count). The Morgan fingerprint density at radius 2 is 1.76 bits per heavy atom. The number of piperidine rings is 1. The Labute approximate surface area is 192 Å². The van der Waals surface area contributed by atoms with Gasteiger partial charge in [0.2, 0.25) is 0 Å². The molecule has 33 heavy (non-hydrogen) atoms. The summed E-state index contributed by atoms with van der Waals surface area (Å²) in [6.45, 7) is 3.47. The van der Waals surface area contributed by atoms with Gasteiger partial charge in [-0.1, -0.05) is 36.4 Å². The summed E-state index contributed by atoms with van der Waals surface area (Å²) >= 11 is 0. The van der Waals surface area contributed by atoms with Crippen LogP contribution < -0.4 is 15.7 Å². The predicted molar refractivity (Wildman–Crippen MR) is 126 cm³/mol. The second kappa shape index (κ2) is 10.1. The predicted octanol–water partition coefficient (Wildman–Crippen LogP) is 3.10. The molecule has 0 atom stereocenters. The Morgan fingerprint density at radius 1 is 1.06 bits per heavy atom. The van der Waals surface area contributed by atoms with Gasteiger partial charge in [0.05, 0.1) is 23.1 Å². The molecular formula is C25H27N5O3. The van der Waals surface area contributed by atoms with Gasteiger partial charge in [0.25, 0.3) is 11.8 Å². The molecule has 1 aliphatic heterocycles. The van der Waals surface area contributed by atoms with E-state index in [1.165, 1.54) is 6.08 Å². The molecule has 8 nitrogen and oxygen atoms in total. The number of rotatable bonds is 6. The number of carbonyl (C=O) groups is 2. The van der Waals surface area contributed by atoms with E-state index in [9.17, 15) is 9.59 Å². The fourth-order valence-corrected chi connectivity index (χ4v) is 4.11. The molecule has 3 N–H and O–H groups in total. The van der Waals surface area contributed by atoms with E-state index in [1.54, 1.807) is 22.4 Å². The van der Waals surface area contributed by atoms with Crippen molar-refractivity contribution in [2.75, 3.05) is 18.0 Å². The molecule has 1 aliphatic rings. The average molecular weight is 446 g/mol. The quantitative estimate of drug-likeness (QED) is 0.308. The lowest BCUT2D eigenvalue weighted by molar-refractivity contribution is -0.124. The first-order chi connectivity index (χ1) is 16.1. The minimum Gasteiger partial charge on any atom is -0.371 e. The second-order valence-corrected chi connectivity index (χ2v) is 7.99. The van der Waals surface area contributed by atoms with Crippen molar-refractivity contribution in [2.24, 2.45) is 0 Å². The van der Waals surface area contributed by atoms with Gasteiger partial charge in [-0.15, -0.1) is 0 Å². The summed E-state index contributed by atoms with van der Waals surface area (Å²) in [6.07, 6.45) is 6.23. The summed E-state index contributed by atoms with van der Waals surface area (Å²) in [4.78, 5) is 26.5. The lowest BCUT2D eigenvalue weighted by Crippen LogP contribution is -2.45. The van der Waals surface area contributed by atoms with Crippen LogP contribution in [-0.2, 0) is 4.79 Å². The second-order valence-electron chi connectivity index (χ2n) is 7.99. The summed E-state index contributed by atoms with van der Waals surface area (Å²) in [5, 5.41) is 16.2. The molecule has 1 fully saturated rings. The fraction of sp³-hybridized carbons (Fsp3) is 0.240. The Hall–Kier alpha value is -3.91. The summed E-state index contributed by atoms with van der Waals surface area (Å²) in [6, 6.07) is 17.6. The van der Waals surface area contributed by atoms with Crippen LogP contribution in [0.3, 0.4) is 0 Å². The van der Waals surface area contributed by atoms with Gasteiger partial charge in [-0.2, -0.15) is 5.10 Å². The molecular weight excluding hydrogens is 418 g/mol. The molecule has 0 aliphatic carbocycles. The molecule has 2 aromatic carbocycles. The number of para-hydroxylation sites is 2. The third kappa shape index (κ3) is 5.12. The number of anilines is 1. The molecule has 8 heteroatoms. The summed E-state index contributed by atoms with van der Waals surface area (Å²) < 4.78 is 1.78. The largest absolute Gasteiger partial charge is 0.371 e. The van der Waals surface area contributed by atoms with Crippen LogP contribution in [0.4, 0.5) is 5.69 Å². The molecule has 2 amide bonds. The first-order valence-electron chi connectivity index (χ1n) is 10.9. The van der Waals surface area contributed by atoms with Crippen molar-refractivity contribution in [1.29, 1.82) is 0 Å². The van der Waals surface area contributed by atoms with Crippen LogP contribution in [0.1, 0.15) is 34.5 Å². The highest BCUT2D eigenvalue weighted by Gasteiger charge is 2.24. The lowest BCUT2D eigenvalue weighted by Gasteiger charge is -2.34. The van der Waals surface area contributed by atoms with Gasteiger partial charge in [0, 0.05) is 30.9 Å². The van der Waals surface area contributed by atoms with Crippen LogP contribution >= 0.6 is 0 Å². The number of nitrogens with one attached hydrogen (secondary N) is 2. The lowest BCUT2D eigenvalue weighted by atomic mass is 10.0. The van der Waals surface area contributed by atoms with Gasteiger partial charge < -0.3 is 10.2 Å². The average Bonchev–Trinajstić information content (AvgIpc) is 3.25. The number of hydrogen-bond acceptors (Lipinski definition) is 5. The Morgan fingerprint density at radius 3 is 2.48 bits per heavy atom. The molecule has 0 spiro atoms. The van der Waals surface area contributed by atoms with E-state index in [0.717, 1.165) is 48.6 Å². The first kappa shape index (κ1) is 22.3. The number of hydrogen-bond donors (Lipinski definition) is 3. The summed E-state index contributed by atoms with van der Waals surface area (Å²) in [5.74, 6) is -0.677. The maximum absolute atomic E-state index is 12.9. The number of carbonyl (C=O) groups excluding carboxylic acids is 2. The number of benzene rings is 2. The minimum absolute atomic E-state index is 0.0797. The van der Waals surface area contributed by atoms with Gasteiger partial charge in [0.1, 0.15) is 0 Å².